The molecule has 0 aromatic rings. The zero-order valence-electron chi connectivity index (χ0n) is 10.5. The van der Waals surface area contributed by atoms with Crippen LogP contribution in [0.3, 0.4) is 0 Å². The van der Waals surface area contributed by atoms with Crippen molar-refractivity contribution in [2.24, 2.45) is 5.10 Å². The molecule has 0 atom stereocenters. The zero-order valence-corrected chi connectivity index (χ0v) is 10.5. The number of hydrogen-bond acceptors (Lipinski definition) is 3. The van der Waals surface area contributed by atoms with E-state index in [2.05, 4.69) is 49.0 Å². The quantitative estimate of drug-likeness (QED) is 0.621. The van der Waals surface area contributed by atoms with Crippen LogP contribution in [-0.4, -0.2) is 22.8 Å². The van der Waals surface area contributed by atoms with Gasteiger partial charge in [-0.1, -0.05) is 18.2 Å². The van der Waals surface area contributed by atoms with Gasteiger partial charge < -0.3 is 4.90 Å². The number of nitrogens with zero attached hydrogens (tertiary/aromatic N) is 3. The monoisotopic (exact) mass is 217 g/mol. The first-order chi connectivity index (χ1) is 7.59. The molecule has 0 spiro atoms. The third-order valence-corrected chi connectivity index (χ3v) is 3.15. The van der Waals surface area contributed by atoms with E-state index in [1.54, 1.807) is 0 Å². The second kappa shape index (κ2) is 4.16. The standard InChI is InChI=1S/C13H19N3/c1-10-8-9-13(14-15(10)4)16-11(2)6-5-7-12(16)3/h6-8H,5,9H2,1-4H3. The summed E-state index contributed by atoms with van der Waals surface area (Å²) < 4.78 is 0. The maximum atomic E-state index is 4.61. The van der Waals surface area contributed by atoms with Crippen molar-refractivity contribution in [1.82, 2.24) is 9.91 Å². The highest BCUT2D eigenvalue weighted by Crippen LogP contribution is 2.23. The van der Waals surface area contributed by atoms with Gasteiger partial charge >= 0.3 is 0 Å². The van der Waals surface area contributed by atoms with Gasteiger partial charge in [0.1, 0.15) is 5.84 Å². The molecule has 3 nitrogen and oxygen atoms in total. The van der Waals surface area contributed by atoms with Crippen molar-refractivity contribution in [2.45, 2.75) is 33.6 Å². The first-order valence-corrected chi connectivity index (χ1v) is 5.71. The van der Waals surface area contributed by atoms with Gasteiger partial charge in [0.2, 0.25) is 0 Å². The number of hydrazone groups is 1. The summed E-state index contributed by atoms with van der Waals surface area (Å²) in [5.74, 6) is 1.11. The Morgan fingerprint density at radius 2 is 1.62 bits per heavy atom. The van der Waals surface area contributed by atoms with Gasteiger partial charge in [0.05, 0.1) is 0 Å². The fraction of sp³-hybridized carbons (Fsp3) is 0.462. The molecule has 0 aliphatic carbocycles. The fourth-order valence-corrected chi connectivity index (χ4v) is 2.07. The number of allylic oxidation sites excluding steroid dienone is 5. The maximum Gasteiger partial charge on any atom is 0.137 e. The van der Waals surface area contributed by atoms with Gasteiger partial charge in [-0.05, 0) is 27.2 Å². The van der Waals surface area contributed by atoms with Gasteiger partial charge in [-0.2, -0.15) is 5.10 Å². The van der Waals surface area contributed by atoms with Gasteiger partial charge in [0, 0.05) is 30.6 Å². The topological polar surface area (TPSA) is 18.8 Å². The van der Waals surface area contributed by atoms with E-state index < -0.39 is 0 Å². The van der Waals surface area contributed by atoms with E-state index in [9.17, 15) is 0 Å². The van der Waals surface area contributed by atoms with E-state index in [0.717, 1.165) is 18.7 Å². The van der Waals surface area contributed by atoms with Crippen molar-refractivity contribution >= 4 is 5.84 Å². The predicted molar refractivity (Wildman–Crippen MR) is 67.5 cm³/mol. The van der Waals surface area contributed by atoms with Crippen LogP contribution in [0.2, 0.25) is 0 Å². The molecule has 2 aliphatic rings. The second-order valence-electron chi connectivity index (χ2n) is 4.35. The van der Waals surface area contributed by atoms with Gasteiger partial charge in [0.15, 0.2) is 0 Å². The summed E-state index contributed by atoms with van der Waals surface area (Å²) in [6.45, 7) is 6.37. The molecule has 2 aliphatic heterocycles. The lowest BCUT2D eigenvalue weighted by Crippen LogP contribution is -2.32. The van der Waals surface area contributed by atoms with Crippen LogP contribution in [-0.2, 0) is 0 Å². The molecule has 0 amide bonds. The van der Waals surface area contributed by atoms with E-state index in [1.165, 1.54) is 17.1 Å². The molecule has 2 rings (SSSR count). The smallest absolute Gasteiger partial charge is 0.137 e. The van der Waals surface area contributed by atoms with E-state index in [0.29, 0.717) is 0 Å². The van der Waals surface area contributed by atoms with Crippen molar-refractivity contribution in [1.29, 1.82) is 0 Å². The SMILES string of the molecule is CC1=CCC(N2C(C)=CCC=C2C)=NN1C. The second-order valence-corrected chi connectivity index (χ2v) is 4.35. The third kappa shape index (κ3) is 1.90. The van der Waals surface area contributed by atoms with E-state index in [1.807, 2.05) is 12.1 Å². The van der Waals surface area contributed by atoms with Crippen LogP contribution < -0.4 is 0 Å². The van der Waals surface area contributed by atoms with Crippen LogP contribution in [0.25, 0.3) is 0 Å². The average molecular weight is 217 g/mol. The van der Waals surface area contributed by atoms with Gasteiger partial charge in [0.25, 0.3) is 0 Å². The normalized spacial score (nSPS) is 21.2. The van der Waals surface area contributed by atoms with E-state index >= 15 is 0 Å². The average Bonchev–Trinajstić information content (AvgIpc) is 2.23. The summed E-state index contributed by atoms with van der Waals surface area (Å²) in [6, 6.07) is 0. The van der Waals surface area contributed by atoms with Crippen LogP contribution in [0.5, 0.6) is 0 Å². The van der Waals surface area contributed by atoms with E-state index in [4.69, 9.17) is 0 Å². The Morgan fingerprint density at radius 1 is 1.00 bits per heavy atom. The number of rotatable bonds is 0. The summed E-state index contributed by atoms with van der Waals surface area (Å²) in [5, 5.41) is 6.55. The Hall–Kier alpha value is -1.51. The highest BCUT2D eigenvalue weighted by Gasteiger charge is 2.19. The molecule has 0 fully saturated rings. The third-order valence-electron chi connectivity index (χ3n) is 3.15. The molecular weight excluding hydrogens is 198 g/mol. The number of hydrogen-bond donors (Lipinski definition) is 0. The van der Waals surface area contributed by atoms with Gasteiger partial charge in [-0.3, -0.25) is 5.01 Å². The minimum absolute atomic E-state index is 0.909. The summed E-state index contributed by atoms with van der Waals surface area (Å²) in [6.07, 6.45) is 8.64. The molecule has 0 N–H and O–H groups in total. The minimum Gasteiger partial charge on any atom is -0.306 e. The van der Waals surface area contributed by atoms with Crippen LogP contribution in [0.1, 0.15) is 33.6 Å². The Morgan fingerprint density at radius 3 is 2.19 bits per heavy atom. The maximum absolute atomic E-state index is 4.61. The molecule has 0 radical (unpaired) electrons. The molecule has 16 heavy (non-hydrogen) atoms. The molecule has 0 aromatic heterocycles. The lowest BCUT2D eigenvalue weighted by atomic mass is 10.1. The lowest BCUT2D eigenvalue weighted by Gasteiger charge is -2.32. The molecule has 0 saturated carbocycles. The van der Waals surface area contributed by atoms with Crippen LogP contribution in [0.15, 0.2) is 40.4 Å². The first kappa shape index (κ1) is 11.0. The Balaban J connectivity index is 2.26. The van der Waals surface area contributed by atoms with Crippen molar-refractivity contribution in [3.05, 3.63) is 35.3 Å². The van der Waals surface area contributed by atoms with E-state index in [-0.39, 0.29) is 0 Å². The summed E-state index contributed by atoms with van der Waals surface area (Å²) in [5.41, 5.74) is 3.77. The van der Waals surface area contributed by atoms with Gasteiger partial charge in [-0.15, -0.1) is 0 Å². The lowest BCUT2D eigenvalue weighted by molar-refractivity contribution is 0.420. The summed E-state index contributed by atoms with van der Waals surface area (Å²) in [7, 11) is 1.99. The van der Waals surface area contributed by atoms with Crippen LogP contribution in [0, 0.1) is 0 Å². The zero-order chi connectivity index (χ0) is 11.7. The molecule has 0 saturated heterocycles. The van der Waals surface area contributed by atoms with Crippen LogP contribution in [0.4, 0.5) is 0 Å². The van der Waals surface area contributed by atoms with Crippen molar-refractivity contribution < 1.29 is 0 Å². The highest BCUT2D eigenvalue weighted by molar-refractivity contribution is 5.87. The molecular formula is C13H19N3. The Labute approximate surface area is 97.4 Å². The molecule has 0 aromatic carbocycles. The molecule has 86 valence electrons. The Bertz CT molecular complexity index is 395. The first-order valence-electron chi connectivity index (χ1n) is 5.71. The van der Waals surface area contributed by atoms with Crippen molar-refractivity contribution in [3.63, 3.8) is 0 Å². The number of amidine groups is 1. The fourth-order valence-electron chi connectivity index (χ4n) is 2.07. The molecule has 0 unspecified atom stereocenters. The molecule has 2 heterocycles. The van der Waals surface area contributed by atoms with Crippen molar-refractivity contribution in [2.75, 3.05) is 7.05 Å². The van der Waals surface area contributed by atoms with Crippen LogP contribution >= 0.6 is 0 Å². The predicted octanol–water partition coefficient (Wildman–Crippen LogP) is 3.05. The van der Waals surface area contributed by atoms with Gasteiger partial charge in [-0.25, -0.2) is 0 Å². The Kier molecular flexibility index (Phi) is 2.86. The summed E-state index contributed by atoms with van der Waals surface area (Å²) in [4.78, 5) is 2.24. The molecule has 3 heteroatoms. The minimum atomic E-state index is 0.909. The largest absolute Gasteiger partial charge is 0.306 e. The highest BCUT2D eigenvalue weighted by atomic mass is 15.5. The summed E-state index contributed by atoms with van der Waals surface area (Å²) >= 11 is 0. The van der Waals surface area contributed by atoms with Crippen molar-refractivity contribution in [3.8, 4) is 0 Å². The molecule has 0 bridgehead atoms.